The standard InChI is InChI=1S/C17H21FN4O.ClH/c1-19-10-12-6-8-22(9-7-12)17(23)15-11-20-21-16(15)13-2-4-14(18)5-3-13;/h2-5,11-12,19H,6-10H2,1H3,(H,20,21);1H. The lowest BCUT2D eigenvalue weighted by Crippen LogP contribution is -2.40. The van der Waals surface area contributed by atoms with Crippen molar-refractivity contribution in [1.82, 2.24) is 20.4 Å². The van der Waals surface area contributed by atoms with Crippen LogP contribution in [0.4, 0.5) is 4.39 Å². The first-order valence-corrected chi connectivity index (χ1v) is 7.92. The van der Waals surface area contributed by atoms with Crippen LogP contribution in [-0.2, 0) is 0 Å². The molecule has 1 amide bonds. The largest absolute Gasteiger partial charge is 0.339 e. The molecule has 0 spiro atoms. The molecule has 2 aromatic rings. The van der Waals surface area contributed by atoms with Crippen molar-refractivity contribution < 1.29 is 9.18 Å². The third kappa shape index (κ3) is 3.94. The van der Waals surface area contributed by atoms with E-state index in [4.69, 9.17) is 0 Å². The molecule has 1 aliphatic heterocycles. The van der Waals surface area contributed by atoms with Gasteiger partial charge in [0.25, 0.3) is 5.91 Å². The molecule has 130 valence electrons. The predicted octanol–water partition coefficient (Wildman–Crippen LogP) is 2.71. The van der Waals surface area contributed by atoms with E-state index < -0.39 is 0 Å². The predicted molar refractivity (Wildman–Crippen MR) is 93.8 cm³/mol. The summed E-state index contributed by atoms with van der Waals surface area (Å²) in [6, 6.07) is 6.07. The van der Waals surface area contributed by atoms with E-state index in [2.05, 4.69) is 15.5 Å². The monoisotopic (exact) mass is 352 g/mol. The van der Waals surface area contributed by atoms with Gasteiger partial charge in [0.15, 0.2) is 0 Å². The lowest BCUT2D eigenvalue weighted by atomic mass is 9.96. The maximum Gasteiger partial charge on any atom is 0.257 e. The second-order valence-electron chi connectivity index (χ2n) is 5.96. The molecule has 0 saturated carbocycles. The lowest BCUT2D eigenvalue weighted by molar-refractivity contribution is 0.0692. The molecule has 7 heteroatoms. The first-order chi connectivity index (χ1) is 11.2. The van der Waals surface area contributed by atoms with E-state index in [1.54, 1.807) is 18.3 Å². The van der Waals surface area contributed by atoms with Crippen LogP contribution >= 0.6 is 12.4 Å². The van der Waals surface area contributed by atoms with E-state index in [9.17, 15) is 9.18 Å². The van der Waals surface area contributed by atoms with Crippen LogP contribution in [0, 0.1) is 11.7 Å². The molecule has 0 aliphatic carbocycles. The Labute approximate surface area is 147 Å². The van der Waals surface area contributed by atoms with Crippen LogP contribution in [0.25, 0.3) is 11.3 Å². The highest BCUT2D eigenvalue weighted by Crippen LogP contribution is 2.24. The van der Waals surface area contributed by atoms with Gasteiger partial charge in [-0.25, -0.2) is 4.39 Å². The molecule has 3 rings (SSSR count). The van der Waals surface area contributed by atoms with Gasteiger partial charge in [0.2, 0.25) is 0 Å². The Morgan fingerprint density at radius 1 is 1.33 bits per heavy atom. The fourth-order valence-electron chi connectivity index (χ4n) is 3.08. The minimum Gasteiger partial charge on any atom is -0.339 e. The molecule has 2 heterocycles. The summed E-state index contributed by atoms with van der Waals surface area (Å²) in [4.78, 5) is 14.6. The minimum atomic E-state index is -0.298. The molecule has 0 bridgehead atoms. The fraction of sp³-hybridized carbons (Fsp3) is 0.412. The number of aromatic amines is 1. The maximum absolute atomic E-state index is 13.1. The number of amides is 1. The van der Waals surface area contributed by atoms with E-state index in [0.717, 1.165) is 38.0 Å². The van der Waals surface area contributed by atoms with Gasteiger partial charge >= 0.3 is 0 Å². The maximum atomic E-state index is 13.1. The third-order valence-electron chi connectivity index (χ3n) is 4.40. The van der Waals surface area contributed by atoms with Gasteiger partial charge in [-0.2, -0.15) is 5.10 Å². The van der Waals surface area contributed by atoms with Crippen molar-refractivity contribution >= 4 is 18.3 Å². The molecule has 1 aliphatic rings. The third-order valence-corrected chi connectivity index (χ3v) is 4.40. The number of nitrogens with zero attached hydrogens (tertiary/aromatic N) is 2. The Hall–Kier alpha value is -1.92. The molecule has 2 N–H and O–H groups in total. The lowest BCUT2D eigenvalue weighted by Gasteiger charge is -2.31. The highest BCUT2D eigenvalue weighted by atomic mass is 35.5. The first kappa shape index (κ1) is 18.4. The average molecular weight is 353 g/mol. The zero-order chi connectivity index (χ0) is 16.2. The normalized spacial score (nSPS) is 15.2. The topological polar surface area (TPSA) is 61.0 Å². The molecule has 0 unspecified atom stereocenters. The van der Waals surface area contributed by atoms with Crippen molar-refractivity contribution in [2.45, 2.75) is 12.8 Å². The average Bonchev–Trinajstić information content (AvgIpc) is 3.05. The Bertz CT molecular complexity index is 665. The van der Waals surface area contributed by atoms with Crippen LogP contribution in [0.5, 0.6) is 0 Å². The van der Waals surface area contributed by atoms with Crippen LogP contribution in [-0.4, -0.2) is 47.7 Å². The number of hydrogen-bond acceptors (Lipinski definition) is 3. The summed E-state index contributed by atoms with van der Waals surface area (Å²) >= 11 is 0. The summed E-state index contributed by atoms with van der Waals surface area (Å²) in [5.74, 6) is 0.318. The van der Waals surface area contributed by atoms with Crippen molar-refractivity contribution in [3.8, 4) is 11.3 Å². The van der Waals surface area contributed by atoms with Gasteiger partial charge in [0.1, 0.15) is 5.82 Å². The van der Waals surface area contributed by atoms with E-state index in [-0.39, 0.29) is 24.1 Å². The van der Waals surface area contributed by atoms with E-state index in [0.29, 0.717) is 17.2 Å². The van der Waals surface area contributed by atoms with Crippen LogP contribution in [0.3, 0.4) is 0 Å². The van der Waals surface area contributed by atoms with Crippen molar-refractivity contribution in [3.05, 3.63) is 41.8 Å². The molecule has 24 heavy (non-hydrogen) atoms. The summed E-state index contributed by atoms with van der Waals surface area (Å²) in [7, 11) is 1.96. The van der Waals surface area contributed by atoms with Gasteiger partial charge in [0, 0.05) is 18.7 Å². The molecular weight excluding hydrogens is 331 g/mol. The second kappa shape index (κ2) is 8.26. The number of carbonyl (C=O) groups excluding carboxylic acids is 1. The number of piperidine rings is 1. The van der Waals surface area contributed by atoms with Gasteiger partial charge in [-0.05, 0) is 56.6 Å². The number of hydrogen-bond donors (Lipinski definition) is 2. The Balaban J connectivity index is 0.00000208. The molecule has 5 nitrogen and oxygen atoms in total. The van der Waals surface area contributed by atoms with Crippen molar-refractivity contribution in [2.75, 3.05) is 26.7 Å². The number of halogens is 2. The number of H-pyrrole nitrogens is 1. The molecule has 0 atom stereocenters. The number of nitrogens with one attached hydrogen (secondary N) is 2. The number of aromatic nitrogens is 2. The zero-order valence-corrected chi connectivity index (χ0v) is 14.4. The van der Waals surface area contributed by atoms with Crippen molar-refractivity contribution in [2.24, 2.45) is 5.92 Å². The summed E-state index contributed by atoms with van der Waals surface area (Å²) in [5.41, 5.74) is 1.95. The number of carbonyl (C=O) groups is 1. The van der Waals surface area contributed by atoms with Crippen LogP contribution < -0.4 is 5.32 Å². The minimum absolute atomic E-state index is 0. The summed E-state index contributed by atoms with van der Waals surface area (Å²) in [6.45, 7) is 2.52. The van der Waals surface area contributed by atoms with E-state index in [1.807, 2.05) is 11.9 Å². The van der Waals surface area contributed by atoms with Gasteiger partial charge in [-0.1, -0.05) is 0 Å². The fourth-order valence-corrected chi connectivity index (χ4v) is 3.08. The second-order valence-corrected chi connectivity index (χ2v) is 5.96. The summed E-state index contributed by atoms with van der Waals surface area (Å²) in [6.07, 6.45) is 3.58. The molecular formula is C17H22ClFN4O. The molecule has 1 saturated heterocycles. The van der Waals surface area contributed by atoms with Crippen molar-refractivity contribution in [3.63, 3.8) is 0 Å². The smallest absolute Gasteiger partial charge is 0.257 e. The van der Waals surface area contributed by atoms with Crippen LogP contribution in [0.1, 0.15) is 23.2 Å². The zero-order valence-electron chi connectivity index (χ0n) is 13.6. The first-order valence-electron chi connectivity index (χ1n) is 7.92. The number of rotatable bonds is 4. The van der Waals surface area contributed by atoms with E-state index >= 15 is 0 Å². The molecule has 1 fully saturated rings. The quantitative estimate of drug-likeness (QED) is 0.889. The Kier molecular flexibility index (Phi) is 6.34. The van der Waals surface area contributed by atoms with Crippen LogP contribution in [0.15, 0.2) is 30.5 Å². The Morgan fingerprint density at radius 2 is 2.00 bits per heavy atom. The summed E-state index contributed by atoms with van der Waals surface area (Å²) in [5, 5.41) is 10.1. The van der Waals surface area contributed by atoms with Crippen LogP contribution in [0.2, 0.25) is 0 Å². The number of benzene rings is 1. The van der Waals surface area contributed by atoms with Crippen molar-refractivity contribution in [1.29, 1.82) is 0 Å². The number of likely N-dealkylation sites (tertiary alicyclic amines) is 1. The summed E-state index contributed by atoms with van der Waals surface area (Å²) < 4.78 is 13.1. The Morgan fingerprint density at radius 3 is 2.62 bits per heavy atom. The van der Waals surface area contributed by atoms with Gasteiger partial charge in [-0.3, -0.25) is 9.89 Å². The highest BCUT2D eigenvalue weighted by molar-refractivity contribution is 5.99. The molecule has 1 aromatic heterocycles. The molecule has 0 radical (unpaired) electrons. The van der Waals surface area contributed by atoms with E-state index in [1.165, 1.54) is 12.1 Å². The van der Waals surface area contributed by atoms with Gasteiger partial charge in [-0.15, -0.1) is 12.4 Å². The highest BCUT2D eigenvalue weighted by Gasteiger charge is 2.26. The molecule has 1 aromatic carbocycles. The SMILES string of the molecule is CNCC1CCN(C(=O)c2cn[nH]c2-c2ccc(F)cc2)CC1.Cl. The van der Waals surface area contributed by atoms with Gasteiger partial charge in [0.05, 0.1) is 17.5 Å². The van der Waals surface area contributed by atoms with Gasteiger partial charge < -0.3 is 10.2 Å².